The summed E-state index contributed by atoms with van der Waals surface area (Å²) in [5.41, 5.74) is 0.313. The molecule has 2 aromatic rings. The molecule has 0 saturated heterocycles. The van der Waals surface area contributed by atoms with E-state index in [-0.39, 0.29) is 11.8 Å². The second-order valence-electron chi connectivity index (χ2n) is 5.69. The van der Waals surface area contributed by atoms with Gasteiger partial charge in [0, 0.05) is 10.9 Å². The molecular formula is C18H14Cl2N2O2. The largest absolute Gasteiger partial charge is 0.497 e. The molecule has 0 radical (unpaired) electrons. The molecule has 0 heterocycles. The first-order chi connectivity index (χ1) is 11.5. The van der Waals surface area contributed by atoms with Crippen LogP contribution in [-0.4, -0.2) is 13.0 Å². The van der Waals surface area contributed by atoms with Crippen LogP contribution >= 0.6 is 23.2 Å². The van der Waals surface area contributed by atoms with Gasteiger partial charge in [-0.2, -0.15) is 5.26 Å². The van der Waals surface area contributed by atoms with Gasteiger partial charge in [-0.05, 0) is 42.3 Å². The number of nitriles is 1. The number of hydrogen-bond donors (Lipinski definition) is 1. The Hall–Kier alpha value is -2.22. The van der Waals surface area contributed by atoms with E-state index in [1.807, 2.05) is 24.3 Å². The fourth-order valence-corrected chi connectivity index (χ4v) is 3.21. The molecule has 1 fully saturated rings. The maximum atomic E-state index is 12.6. The van der Waals surface area contributed by atoms with Crippen molar-refractivity contribution in [2.24, 2.45) is 5.41 Å². The third-order valence-electron chi connectivity index (χ3n) is 4.26. The predicted octanol–water partition coefficient (Wildman–Crippen LogP) is 4.64. The Labute approximate surface area is 149 Å². The minimum atomic E-state index is -1.07. The van der Waals surface area contributed by atoms with E-state index in [4.69, 9.17) is 27.9 Å². The number of hydrogen-bond acceptors (Lipinski definition) is 3. The monoisotopic (exact) mass is 360 g/mol. The molecule has 0 spiro atoms. The number of anilines is 1. The second-order valence-corrected chi connectivity index (χ2v) is 6.53. The van der Waals surface area contributed by atoms with E-state index in [1.165, 1.54) is 0 Å². The van der Waals surface area contributed by atoms with Crippen LogP contribution in [0.4, 0.5) is 5.69 Å². The summed E-state index contributed by atoms with van der Waals surface area (Å²) in [5, 5.41) is 13.1. The highest BCUT2D eigenvalue weighted by atomic mass is 35.5. The zero-order valence-electron chi connectivity index (χ0n) is 12.8. The molecule has 4 nitrogen and oxygen atoms in total. The lowest BCUT2D eigenvalue weighted by Gasteiger charge is -2.12. The molecule has 0 aromatic heterocycles. The average Bonchev–Trinajstić information content (AvgIpc) is 3.33. The van der Waals surface area contributed by atoms with Gasteiger partial charge < -0.3 is 10.1 Å². The van der Waals surface area contributed by atoms with E-state index in [2.05, 4.69) is 11.4 Å². The number of ether oxygens (including phenoxy) is 1. The Morgan fingerprint density at radius 3 is 2.58 bits per heavy atom. The lowest BCUT2D eigenvalue weighted by molar-refractivity contribution is -0.119. The minimum absolute atomic E-state index is 0.139. The lowest BCUT2D eigenvalue weighted by atomic mass is 9.99. The van der Waals surface area contributed by atoms with Gasteiger partial charge in [-0.1, -0.05) is 35.3 Å². The first kappa shape index (κ1) is 16.6. The highest BCUT2D eigenvalue weighted by Crippen LogP contribution is 2.59. The standard InChI is InChI=1S/C18H14Cl2N2O2/c1-24-13-5-2-11(3-6-13)14-9-18(14,10-21)17(23)22-16-7-4-12(19)8-15(16)20/h2-8,14H,9H2,1H3,(H,22,23)/t14-,18-/m1/s1. The Bertz CT molecular complexity index is 830. The summed E-state index contributed by atoms with van der Waals surface area (Å²) >= 11 is 11.9. The van der Waals surface area contributed by atoms with Gasteiger partial charge in [-0.3, -0.25) is 4.79 Å². The molecular weight excluding hydrogens is 347 g/mol. The molecule has 122 valence electrons. The number of carbonyl (C=O) groups is 1. The van der Waals surface area contributed by atoms with E-state index < -0.39 is 5.41 Å². The molecule has 1 aliphatic rings. The molecule has 6 heteroatoms. The van der Waals surface area contributed by atoms with Gasteiger partial charge in [0.2, 0.25) is 5.91 Å². The van der Waals surface area contributed by atoms with Gasteiger partial charge in [0.15, 0.2) is 0 Å². The van der Waals surface area contributed by atoms with Crippen molar-refractivity contribution < 1.29 is 9.53 Å². The Balaban J connectivity index is 1.79. The summed E-state index contributed by atoms with van der Waals surface area (Å²) in [4.78, 5) is 12.6. The van der Waals surface area contributed by atoms with Crippen molar-refractivity contribution in [3.63, 3.8) is 0 Å². The summed E-state index contributed by atoms with van der Waals surface area (Å²) in [7, 11) is 1.59. The normalized spacial score (nSPS) is 21.7. The molecule has 1 aliphatic carbocycles. The third kappa shape index (κ3) is 2.93. The van der Waals surface area contributed by atoms with Crippen molar-refractivity contribution in [3.05, 3.63) is 58.1 Å². The predicted molar refractivity (Wildman–Crippen MR) is 93.5 cm³/mol. The SMILES string of the molecule is COc1ccc([C@H]2C[C@]2(C#N)C(=O)Nc2ccc(Cl)cc2Cl)cc1. The van der Waals surface area contributed by atoms with Crippen LogP contribution in [0.15, 0.2) is 42.5 Å². The van der Waals surface area contributed by atoms with Gasteiger partial charge >= 0.3 is 0 Å². The minimum Gasteiger partial charge on any atom is -0.497 e. The second kappa shape index (κ2) is 6.35. The van der Waals surface area contributed by atoms with E-state index in [9.17, 15) is 10.1 Å². The summed E-state index contributed by atoms with van der Waals surface area (Å²) in [6.07, 6.45) is 0.479. The molecule has 0 aliphatic heterocycles. The van der Waals surface area contributed by atoms with Gasteiger partial charge in [0.25, 0.3) is 0 Å². The first-order valence-corrected chi connectivity index (χ1v) is 8.07. The maximum absolute atomic E-state index is 12.6. The number of carbonyl (C=O) groups excluding carboxylic acids is 1. The van der Waals surface area contributed by atoms with E-state index in [1.54, 1.807) is 25.3 Å². The molecule has 24 heavy (non-hydrogen) atoms. The van der Waals surface area contributed by atoms with Crippen LogP contribution in [0.3, 0.4) is 0 Å². The van der Waals surface area contributed by atoms with Gasteiger partial charge in [-0.15, -0.1) is 0 Å². The number of nitrogens with one attached hydrogen (secondary N) is 1. The maximum Gasteiger partial charge on any atom is 0.245 e. The number of amides is 1. The Morgan fingerprint density at radius 1 is 1.29 bits per heavy atom. The van der Waals surface area contributed by atoms with Crippen LogP contribution < -0.4 is 10.1 Å². The van der Waals surface area contributed by atoms with Crippen LogP contribution in [0.25, 0.3) is 0 Å². The smallest absolute Gasteiger partial charge is 0.245 e. The van der Waals surface area contributed by atoms with Gasteiger partial charge in [0.1, 0.15) is 11.2 Å². The molecule has 1 N–H and O–H groups in total. The van der Waals surface area contributed by atoms with Crippen molar-refractivity contribution in [2.45, 2.75) is 12.3 Å². The number of nitrogens with zero attached hydrogens (tertiary/aromatic N) is 1. The van der Waals surface area contributed by atoms with Crippen LogP contribution in [-0.2, 0) is 4.79 Å². The van der Waals surface area contributed by atoms with Crippen molar-refractivity contribution >= 4 is 34.8 Å². The molecule has 3 rings (SSSR count). The first-order valence-electron chi connectivity index (χ1n) is 7.32. The van der Waals surface area contributed by atoms with Crippen LogP contribution in [0.2, 0.25) is 10.0 Å². The zero-order chi connectivity index (χ0) is 17.3. The van der Waals surface area contributed by atoms with E-state index >= 15 is 0 Å². The molecule has 1 amide bonds. The van der Waals surface area contributed by atoms with Crippen LogP contribution in [0.1, 0.15) is 17.9 Å². The van der Waals surface area contributed by atoms with Crippen LogP contribution in [0, 0.1) is 16.7 Å². The molecule has 2 aromatic carbocycles. The van der Waals surface area contributed by atoms with Crippen molar-refractivity contribution in [3.8, 4) is 11.8 Å². The number of benzene rings is 2. The van der Waals surface area contributed by atoms with Crippen molar-refractivity contribution in [1.82, 2.24) is 0 Å². The third-order valence-corrected chi connectivity index (χ3v) is 4.81. The zero-order valence-corrected chi connectivity index (χ0v) is 14.4. The lowest BCUT2D eigenvalue weighted by Crippen LogP contribution is -2.24. The highest BCUT2D eigenvalue weighted by molar-refractivity contribution is 6.36. The van der Waals surface area contributed by atoms with Gasteiger partial charge in [0.05, 0.1) is 23.9 Å². The molecule has 1 saturated carbocycles. The molecule has 2 atom stereocenters. The highest BCUT2D eigenvalue weighted by Gasteiger charge is 2.61. The fraction of sp³-hybridized carbons (Fsp3) is 0.222. The van der Waals surface area contributed by atoms with Crippen molar-refractivity contribution in [1.29, 1.82) is 5.26 Å². The average molecular weight is 361 g/mol. The number of rotatable bonds is 4. The van der Waals surface area contributed by atoms with Crippen LogP contribution in [0.5, 0.6) is 5.75 Å². The van der Waals surface area contributed by atoms with E-state index in [0.29, 0.717) is 22.2 Å². The Kier molecular flexibility index (Phi) is 4.40. The topological polar surface area (TPSA) is 62.1 Å². The van der Waals surface area contributed by atoms with Crippen molar-refractivity contribution in [2.75, 3.05) is 12.4 Å². The Morgan fingerprint density at radius 2 is 2.00 bits per heavy atom. The summed E-state index contributed by atoms with van der Waals surface area (Å²) < 4.78 is 5.13. The quantitative estimate of drug-likeness (QED) is 0.863. The molecule has 0 unspecified atom stereocenters. The summed E-state index contributed by atoms with van der Waals surface area (Å²) in [5.74, 6) is 0.244. The van der Waals surface area contributed by atoms with E-state index in [0.717, 1.165) is 11.3 Å². The fourth-order valence-electron chi connectivity index (χ4n) is 2.75. The summed E-state index contributed by atoms with van der Waals surface area (Å²) in [6.45, 7) is 0. The number of halogens is 2. The number of methoxy groups -OCH3 is 1. The molecule has 0 bridgehead atoms. The van der Waals surface area contributed by atoms with Gasteiger partial charge in [-0.25, -0.2) is 0 Å². The summed E-state index contributed by atoms with van der Waals surface area (Å²) in [6, 6.07) is 14.4.